The summed E-state index contributed by atoms with van der Waals surface area (Å²) in [5.41, 5.74) is 7.49. The second-order valence-electron chi connectivity index (χ2n) is 4.93. The molecule has 2 aromatic carbocycles. The predicted octanol–water partition coefficient (Wildman–Crippen LogP) is 2.93. The second-order valence-corrected chi connectivity index (χ2v) is 4.93. The van der Waals surface area contributed by atoms with E-state index >= 15 is 0 Å². The molecule has 0 saturated carbocycles. The molecule has 2 N–H and O–H groups in total. The Hall–Kier alpha value is -2.29. The topological polar surface area (TPSA) is 52.3 Å². The molecule has 0 saturated heterocycles. The third-order valence-corrected chi connectivity index (χ3v) is 3.20. The average Bonchev–Trinajstić information content (AvgIpc) is 2.47. The first-order chi connectivity index (χ1) is 9.65. The van der Waals surface area contributed by atoms with Crippen LogP contribution in [0, 0.1) is 5.92 Å². The van der Waals surface area contributed by atoms with Crippen LogP contribution in [0.25, 0.3) is 0 Å². The summed E-state index contributed by atoms with van der Waals surface area (Å²) >= 11 is 0. The summed E-state index contributed by atoms with van der Waals surface area (Å²) in [4.78, 5) is 11.0. The lowest BCUT2D eigenvalue weighted by Gasteiger charge is -2.09. The van der Waals surface area contributed by atoms with Gasteiger partial charge in [0, 0.05) is 5.92 Å². The summed E-state index contributed by atoms with van der Waals surface area (Å²) in [6, 6.07) is 17.8. The molecule has 0 aliphatic rings. The van der Waals surface area contributed by atoms with Gasteiger partial charge in [-0.15, -0.1) is 0 Å². The number of benzene rings is 2. The van der Waals surface area contributed by atoms with Crippen LogP contribution in [-0.4, -0.2) is 5.91 Å². The smallest absolute Gasteiger partial charge is 0.220 e. The standard InChI is InChI=1S/C17H19NO2/c1-13(17(18)19)11-14-7-9-16(10-8-14)20-12-15-5-3-2-4-6-15/h2-10,13H,11-12H2,1H3,(H2,18,19)/t13-/m0/s1. The molecule has 3 heteroatoms. The number of primary amides is 1. The first-order valence-corrected chi connectivity index (χ1v) is 6.70. The number of ether oxygens (including phenoxy) is 1. The number of amides is 1. The fourth-order valence-corrected chi connectivity index (χ4v) is 1.92. The van der Waals surface area contributed by atoms with Crippen molar-refractivity contribution in [3.63, 3.8) is 0 Å². The first kappa shape index (κ1) is 14.1. The van der Waals surface area contributed by atoms with Crippen molar-refractivity contribution in [2.45, 2.75) is 20.0 Å². The predicted molar refractivity (Wildman–Crippen MR) is 79.3 cm³/mol. The molecule has 3 nitrogen and oxygen atoms in total. The maximum absolute atomic E-state index is 11.0. The summed E-state index contributed by atoms with van der Waals surface area (Å²) in [7, 11) is 0. The van der Waals surface area contributed by atoms with E-state index in [4.69, 9.17) is 10.5 Å². The van der Waals surface area contributed by atoms with Gasteiger partial charge in [0.05, 0.1) is 0 Å². The maximum atomic E-state index is 11.0. The van der Waals surface area contributed by atoms with Crippen LogP contribution in [0.1, 0.15) is 18.1 Å². The van der Waals surface area contributed by atoms with Crippen molar-refractivity contribution in [2.75, 3.05) is 0 Å². The summed E-state index contributed by atoms with van der Waals surface area (Å²) < 4.78 is 5.71. The minimum Gasteiger partial charge on any atom is -0.489 e. The molecule has 0 fully saturated rings. The van der Waals surface area contributed by atoms with E-state index in [1.165, 1.54) is 0 Å². The van der Waals surface area contributed by atoms with Crippen molar-refractivity contribution in [3.05, 3.63) is 65.7 Å². The van der Waals surface area contributed by atoms with Crippen LogP contribution in [0.2, 0.25) is 0 Å². The molecule has 0 aliphatic heterocycles. The van der Waals surface area contributed by atoms with Crippen LogP contribution in [0.3, 0.4) is 0 Å². The normalized spacial score (nSPS) is 11.8. The van der Waals surface area contributed by atoms with E-state index in [1.54, 1.807) is 0 Å². The van der Waals surface area contributed by atoms with E-state index in [9.17, 15) is 4.79 Å². The van der Waals surface area contributed by atoms with Crippen LogP contribution < -0.4 is 10.5 Å². The van der Waals surface area contributed by atoms with E-state index in [0.29, 0.717) is 13.0 Å². The molecule has 0 bridgehead atoms. The lowest BCUT2D eigenvalue weighted by atomic mass is 10.0. The minimum absolute atomic E-state index is 0.147. The zero-order valence-electron chi connectivity index (χ0n) is 11.6. The molecule has 0 spiro atoms. The third-order valence-electron chi connectivity index (χ3n) is 3.20. The fraction of sp³-hybridized carbons (Fsp3) is 0.235. The Morgan fingerprint density at radius 1 is 1.05 bits per heavy atom. The lowest BCUT2D eigenvalue weighted by molar-refractivity contribution is -0.121. The summed E-state index contributed by atoms with van der Waals surface area (Å²) in [5.74, 6) is 0.407. The van der Waals surface area contributed by atoms with Gasteiger partial charge >= 0.3 is 0 Å². The number of rotatable bonds is 6. The highest BCUT2D eigenvalue weighted by Gasteiger charge is 2.09. The molecule has 0 aromatic heterocycles. The Bertz CT molecular complexity index is 549. The number of carbonyl (C=O) groups is 1. The number of hydrogen-bond acceptors (Lipinski definition) is 2. The van der Waals surface area contributed by atoms with Gasteiger partial charge in [-0.05, 0) is 29.7 Å². The summed E-state index contributed by atoms with van der Waals surface area (Å²) in [6.45, 7) is 2.39. The third kappa shape index (κ3) is 4.12. The van der Waals surface area contributed by atoms with Gasteiger partial charge in [-0.25, -0.2) is 0 Å². The molecule has 1 atom stereocenters. The van der Waals surface area contributed by atoms with Gasteiger partial charge in [-0.1, -0.05) is 49.4 Å². The highest BCUT2D eigenvalue weighted by molar-refractivity contribution is 5.76. The van der Waals surface area contributed by atoms with Gasteiger partial charge in [-0.2, -0.15) is 0 Å². The van der Waals surface area contributed by atoms with Gasteiger partial charge in [0.15, 0.2) is 0 Å². The van der Waals surface area contributed by atoms with Crippen molar-refractivity contribution in [3.8, 4) is 5.75 Å². The molecule has 0 aliphatic carbocycles. The Morgan fingerprint density at radius 2 is 1.70 bits per heavy atom. The van der Waals surface area contributed by atoms with Crippen molar-refractivity contribution >= 4 is 5.91 Å². The average molecular weight is 269 g/mol. The molecule has 0 unspecified atom stereocenters. The van der Waals surface area contributed by atoms with E-state index < -0.39 is 0 Å². The molecule has 2 aromatic rings. The highest BCUT2D eigenvalue weighted by atomic mass is 16.5. The number of hydrogen-bond donors (Lipinski definition) is 1. The van der Waals surface area contributed by atoms with Gasteiger partial charge in [0.25, 0.3) is 0 Å². The second kappa shape index (κ2) is 6.75. The van der Waals surface area contributed by atoms with Gasteiger partial charge in [0.1, 0.15) is 12.4 Å². The van der Waals surface area contributed by atoms with E-state index in [0.717, 1.165) is 16.9 Å². The van der Waals surface area contributed by atoms with E-state index in [2.05, 4.69) is 0 Å². The fourth-order valence-electron chi connectivity index (χ4n) is 1.92. The molecule has 1 amide bonds. The highest BCUT2D eigenvalue weighted by Crippen LogP contribution is 2.16. The maximum Gasteiger partial charge on any atom is 0.220 e. The molecule has 0 radical (unpaired) electrons. The molecule has 20 heavy (non-hydrogen) atoms. The zero-order chi connectivity index (χ0) is 14.4. The van der Waals surface area contributed by atoms with Crippen LogP contribution >= 0.6 is 0 Å². The first-order valence-electron chi connectivity index (χ1n) is 6.70. The van der Waals surface area contributed by atoms with Crippen molar-refractivity contribution in [1.29, 1.82) is 0 Å². The van der Waals surface area contributed by atoms with Crippen molar-refractivity contribution in [1.82, 2.24) is 0 Å². The SMILES string of the molecule is C[C@@H](Cc1ccc(OCc2ccccc2)cc1)C(N)=O. The Morgan fingerprint density at radius 3 is 2.30 bits per heavy atom. The quantitative estimate of drug-likeness (QED) is 0.876. The molecular formula is C17H19NO2. The minimum atomic E-state index is -0.269. The summed E-state index contributed by atoms with van der Waals surface area (Å²) in [6.07, 6.45) is 0.661. The molecular weight excluding hydrogens is 250 g/mol. The molecule has 0 heterocycles. The van der Waals surface area contributed by atoms with Crippen LogP contribution in [0.4, 0.5) is 0 Å². The molecule has 104 valence electrons. The monoisotopic (exact) mass is 269 g/mol. The number of nitrogens with two attached hydrogens (primary N) is 1. The van der Waals surface area contributed by atoms with Crippen molar-refractivity contribution in [2.24, 2.45) is 11.7 Å². The van der Waals surface area contributed by atoms with Crippen LogP contribution in [0.15, 0.2) is 54.6 Å². The van der Waals surface area contributed by atoms with Gasteiger partial charge < -0.3 is 10.5 Å². The lowest BCUT2D eigenvalue weighted by Crippen LogP contribution is -2.22. The zero-order valence-corrected chi connectivity index (χ0v) is 11.6. The van der Waals surface area contributed by atoms with Crippen LogP contribution in [-0.2, 0) is 17.8 Å². The van der Waals surface area contributed by atoms with E-state index in [-0.39, 0.29) is 11.8 Å². The Kier molecular flexibility index (Phi) is 4.77. The Balaban J connectivity index is 1.90. The molecule has 2 rings (SSSR count). The number of carbonyl (C=O) groups excluding carboxylic acids is 1. The van der Waals surface area contributed by atoms with Gasteiger partial charge in [0.2, 0.25) is 5.91 Å². The van der Waals surface area contributed by atoms with E-state index in [1.807, 2.05) is 61.5 Å². The Labute approximate surface area is 119 Å². The van der Waals surface area contributed by atoms with Gasteiger partial charge in [-0.3, -0.25) is 4.79 Å². The summed E-state index contributed by atoms with van der Waals surface area (Å²) in [5, 5.41) is 0. The van der Waals surface area contributed by atoms with Crippen molar-refractivity contribution < 1.29 is 9.53 Å². The largest absolute Gasteiger partial charge is 0.489 e. The van der Waals surface area contributed by atoms with Crippen LogP contribution in [0.5, 0.6) is 5.75 Å².